The molecule has 3 aromatic carbocycles. The normalized spacial score (nSPS) is 11.8. The first-order chi connectivity index (χ1) is 12.8. The molecule has 0 fully saturated rings. The Kier molecular flexibility index (Phi) is 6.09. The topological polar surface area (TPSA) is 23.8 Å². The minimum Gasteiger partial charge on any atom is -0.192 e. The summed E-state index contributed by atoms with van der Waals surface area (Å²) in [5.41, 5.74) is 5.16. The largest absolute Gasteiger partial charge is 0.192 e. The van der Waals surface area contributed by atoms with Crippen LogP contribution in [0.25, 0.3) is 10.5 Å². The molecule has 0 aliphatic heterocycles. The molecule has 0 atom stereocenters. The summed E-state index contributed by atoms with van der Waals surface area (Å²) in [4.78, 5) is 0.911. The predicted molar refractivity (Wildman–Crippen MR) is 113 cm³/mol. The summed E-state index contributed by atoms with van der Waals surface area (Å²) in [7, 11) is 0. The van der Waals surface area contributed by atoms with Crippen molar-refractivity contribution in [2.75, 3.05) is 0 Å². The SMILES string of the molecule is N#Cc1ccc(C(/C=C(\S)c2ccccc2)=C/Cc2ccccc2)cc1. The lowest BCUT2D eigenvalue weighted by molar-refractivity contribution is 1.27. The molecule has 0 heterocycles. The first kappa shape index (κ1) is 17.8. The average molecular weight is 353 g/mol. The Hall–Kier alpha value is -3.02. The third-order valence-corrected chi connectivity index (χ3v) is 4.50. The maximum Gasteiger partial charge on any atom is 0.0991 e. The zero-order chi connectivity index (χ0) is 18.2. The summed E-state index contributed by atoms with van der Waals surface area (Å²) in [6, 6.07) is 30.3. The molecule has 126 valence electrons. The van der Waals surface area contributed by atoms with Gasteiger partial charge in [0.1, 0.15) is 0 Å². The molecule has 0 aliphatic carbocycles. The maximum atomic E-state index is 9.02. The highest BCUT2D eigenvalue weighted by molar-refractivity contribution is 7.90. The molecule has 3 aromatic rings. The number of allylic oxidation sites excluding steroid dienone is 3. The average Bonchev–Trinajstić information content (AvgIpc) is 2.72. The van der Waals surface area contributed by atoms with Crippen LogP contribution in [0.5, 0.6) is 0 Å². The van der Waals surface area contributed by atoms with Crippen molar-refractivity contribution in [1.29, 1.82) is 5.26 Å². The quantitative estimate of drug-likeness (QED) is 0.431. The molecular formula is C24H19NS. The summed E-state index contributed by atoms with van der Waals surface area (Å²) >= 11 is 4.70. The van der Waals surface area contributed by atoms with Crippen molar-refractivity contribution in [3.63, 3.8) is 0 Å². The van der Waals surface area contributed by atoms with Gasteiger partial charge in [-0.25, -0.2) is 0 Å². The molecule has 0 saturated carbocycles. The van der Waals surface area contributed by atoms with Crippen molar-refractivity contribution in [3.05, 3.63) is 119 Å². The van der Waals surface area contributed by atoms with Gasteiger partial charge in [-0.2, -0.15) is 5.26 Å². The lowest BCUT2D eigenvalue weighted by atomic mass is 10.00. The van der Waals surface area contributed by atoms with Crippen LogP contribution in [-0.4, -0.2) is 0 Å². The van der Waals surface area contributed by atoms with Crippen molar-refractivity contribution in [1.82, 2.24) is 0 Å². The Morgan fingerprint density at radius 1 is 0.808 bits per heavy atom. The standard InChI is InChI=1S/C24H19NS/c25-18-20-12-14-21(15-13-20)23(16-11-19-7-3-1-4-8-19)17-24(26)22-9-5-2-6-10-22/h1-10,12-17,26H,11H2/b23-16+,24-17-. The van der Waals surface area contributed by atoms with E-state index < -0.39 is 0 Å². The highest BCUT2D eigenvalue weighted by atomic mass is 32.1. The van der Waals surface area contributed by atoms with Gasteiger partial charge in [-0.1, -0.05) is 78.9 Å². The van der Waals surface area contributed by atoms with Crippen LogP contribution in [0.4, 0.5) is 0 Å². The van der Waals surface area contributed by atoms with E-state index in [0.29, 0.717) is 5.56 Å². The van der Waals surface area contributed by atoms with E-state index in [1.807, 2.05) is 60.7 Å². The Morgan fingerprint density at radius 2 is 1.42 bits per heavy atom. The minimum atomic E-state index is 0.661. The summed E-state index contributed by atoms with van der Waals surface area (Å²) in [6.45, 7) is 0. The zero-order valence-corrected chi connectivity index (χ0v) is 15.2. The van der Waals surface area contributed by atoms with Crippen LogP contribution in [0.15, 0.2) is 97.1 Å². The molecule has 0 bridgehead atoms. The van der Waals surface area contributed by atoms with Crippen molar-refractivity contribution >= 4 is 23.1 Å². The minimum absolute atomic E-state index is 0.661. The molecule has 3 rings (SSSR count). The molecule has 1 nitrogen and oxygen atoms in total. The molecule has 0 unspecified atom stereocenters. The van der Waals surface area contributed by atoms with E-state index in [4.69, 9.17) is 17.9 Å². The Balaban J connectivity index is 1.96. The fourth-order valence-electron chi connectivity index (χ4n) is 2.68. The predicted octanol–water partition coefficient (Wildman–Crippen LogP) is 6.16. The van der Waals surface area contributed by atoms with E-state index in [0.717, 1.165) is 28.0 Å². The van der Waals surface area contributed by atoms with E-state index in [9.17, 15) is 0 Å². The van der Waals surface area contributed by atoms with E-state index in [1.165, 1.54) is 5.56 Å². The third-order valence-electron chi connectivity index (χ3n) is 4.11. The van der Waals surface area contributed by atoms with Crippen LogP contribution in [0.2, 0.25) is 0 Å². The molecule has 0 radical (unpaired) electrons. The molecule has 0 spiro atoms. The summed E-state index contributed by atoms with van der Waals surface area (Å²) < 4.78 is 0. The molecule has 0 aliphatic rings. The molecule has 0 N–H and O–H groups in total. The summed E-state index contributed by atoms with van der Waals surface area (Å²) in [5.74, 6) is 0. The Bertz CT molecular complexity index is 947. The Morgan fingerprint density at radius 3 is 2.04 bits per heavy atom. The number of rotatable bonds is 5. The van der Waals surface area contributed by atoms with Crippen molar-refractivity contribution in [2.45, 2.75) is 6.42 Å². The van der Waals surface area contributed by atoms with Gasteiger partial charge in [0.15, 0.2) is 0 Å². The smallest absolute Gasteiger partial charge is 0.0991 e. The number of hydrogen-bond acceptors (Lipinski definition) is 2. The van der Waals surface area contributed by atoms with Gasteiger partial charge in [0, 0.05) is 4.91 Å². The van der Waals surface area contributed by atoms with Gasteiger partial charge in [0.2, 0.25) is 0 Å². The number of hydrogen-bond donors (Lipinski definition) is 1. The van der Waals surface area contributed by atoms with Crippen LogP contribution >= 0.6 is 12.6 Å². The number of benzene rings is 3. The second kappa shape index (κ2) is 8.89. The first-order valence-electron chi connectivity index (χ1n) is 8.47. The van der Waals surface area contributed by atoms with Gasteiger partial charge >= 0.3 is 0 Å². The van der Waals surface area contributed by atoms with Gasteiger partial charge in [0.25, 0.3) is 0 Å². The van der Waals surface area contributed by atoms with Crippen molar-refractivity contribution in [3.8, 4) is 6.07 Å². The second-order valence-electron chi connectivity index (χ2n) is 5.93. The van der Waals surface area contributed by atoms with E-state index >= 15 is 0 Å². The molecule has 26 heavy (non-hydrogen) atoms. The van der Waals surface area contributed by atoms with Crippen LogP contribution in [-0.2, 0) is 6.42 Å². The van der Waals surface area contributed by atoms with Gasteiger partial charge in [0.05, 0.1) is 11.6 Å². The molecule has 0 aromatic heterocycles. The van der Waals surface area contributed by atoms with E-state index in [1.54, 1.807) is 0 Å². The number of nitrogens with zero attached hydrogens (tertiary/aromatic N) is 1. The lowest BCUT2D eigenvalue weighted by Crippen LogP contribution is -1.87. The first-order valence-corrected chi connectivity index (χ1v) is 8.91. The lowest BCUT2D eigenvalue weighted by Gasteiger charge is -2.07. The fraction of sp³-hybridized carbons (Fsp3) is 0.0417. The summed E-state index contributed by atoms with van der Waals surface area (Å²) in [6.07, 6.45) is 5.13. The number of nitriles is 1. The number of thiol groups is 1. The molecule has 0 saturated heterocycles. The highest BCUT2D eigenvalue weighted by Crippen LogP contribution is 2.26. The fourth-order valence-corrected chi connectivity index (χ4v) is 2.97. The van der Waals surface area contributed by atoms with E-state index in [2.05, 4.69) is 42.5 Å². The third kappa shape index (κ3) is 4.75. The van der Waals surface area contributed by atoms with Crippen LogP contribution < -0.4 is 0 Å². The van der Waals surface area contributed by atoms with Gasteiger partial charge < -0.3 is 0 Å². The van der Waals surface area contributed by atoms with Gasteiger partial charge in [-0.05, 0) is 46.9 Å². The monoisotopic (exact) mass is 353 g/mol. The second-order valence-corrected chi connectivity index (χ2v) is 6.42. The Labute approximate surface area is 160 Å². The van der Waals surface area contributed by atoms with Gasteiger partial charge in [-0.15, -0.1) is 12.6 Å². The molecular weight excluding hydrogens is 334 g/mol. The van der Waals surface area contributed by atoms with Crippen LogP contribution in [0, 0.1) is 11.3 Å². The summed E-state index contributed by atoms with van der Waals surface area (Å²) in [5, 5.41) is 9.02. The molecule has 2 heteroatoms. The van der Waals surface area contributed by atoms with Crippen molar-refractivity contribution < 1.29 is 0 Å². The van der Waals surface area contributed by atoms with Gasteiger partial charge in [-0.3, -0.25) is 0 Å². The van der Waals surface area contributed by atoms with Crippen LogP contribution in [0.1, 0.15) is 22.3 Å². The highest BCUT2D eigenvalue weighted by Gasteiger charge is 2.03. The zero-order valence-electron chi connectivity index (χ0n) is 14.3. The molecule has 0 amide bonds. The maximum absolute atomic E-state index is 9.02. The van der Waals surface area contributed by atoms with Crippen molar-refractivity contribution in [2.24, 2.45) is 0 Å². The van der Waals surface area contributed by atoms with Crippen LogP contribution in [0.3, 0.4) is 0 Å². The van der Waals surface area contributed by atoms with E-state index in [-0.39, 0.29) is 0 Å².